The molecule has 0 fully saturated rings. The summed E-state index contributed by atoms with van der Waals surface area (Å²) in [7, 11) is 0. The van der Waals surface area contributed by atoms with Crippen molar-refractivity contribution >= 4 is 11.9 Å². The molecule has 0 amide bonds. The van der Waals surface area contributed by atoms with E-state index in [2.05, 4.69) is 49.9 Å². The van der Waals surface area contributed by atoms with Gasteiger partial charge in [0.1, 0.15) is 0 Å². The molecule has 23 heavy (non-hydrogen) atoms. The summed E-state index contributed by atoms with van der Waals surface area (Å²) in [6.07, 6.45) is 16.4. The quantitative estimate of drug-likeness (QED) is 0.719. The molecule has 0 heterocycles. The van der Waals surface area contributed by atoms with Gasteiger partial charge in [-0.25, -0.2) is 0 Å². The summed E-state index contributed by atoms with van der Waals surface area (Å²) in [6, 6.07) is 6.38. The molecule has 1 aromatic rings. The lowest BCUT2D eigenvalue weighted by Crippen LogP contribution is -2.11. The number of hydrogen-bond donors (Lipinski definition) is 0. The van der Waals surface area contributed by atoms with E-state index in [1.165, 1.54) is 11.1 Å². The van der Waals surface area contributed by atoms with Crippen molar-refractivity contribution in [2.24, 2.45) is 5.41 Å². The lowest BCUT2D eigenvalue weighted by Gasteiger charge is -2.19. The third-order valence-electron chi connectivity index (χ3n) is 4.24. The third kappa shape index (κ3) is 3.88. The Morgan fingerprint density at radius 1 is 1.26 bits per heavy atom. The van der Waals surface area contributed by atoms with Gasteiger partial charge in [-0.05, 0) is 47.1 Å². The molecule has 0 atom stereocenters. The summed E-state index contributed by atoms with van der Waals surface area (Å²) in [6.45, 7) is 4.44. The van der Waals surface area contributed by atoms with Gasteiger partial charge < -0.3 is 0 Å². The van der Waals surface area contributed by atoms with Crippen LogP contribution in [0.4, 0.5) is 0 Å². The standard InChI is InChI=1S/C22H22O/c1-22(2)13-7-10-19-14-17(11-12-20(19)16-22)15-21(23)18-8-5-3-4-6-9-18/h3,5-6,8-14H,4,15-16H2,1-2H3. The first-order valence-corrected chi connectivity index (χ1v) is 8.15. The molecule has 2 aliphatic carbocycles. The van der Waals surface area contributed by atoms with E-state index < -0.39 is 0 Å². The number of rotatable bonds is 3. The van der Waals surface area contributed by atoms with Gasteiger partial charge in [-0.1, -0.05) is 62.4 Å². The van der Waals surface area contributed by atoms with E-state index in [-0.39, 0.29) is 11.2 Å². The zero-order valence-corrected chi connectivity index (χ0v) is 13.8. The van der Waals surface area contributed by atoms with Crippen molar-refractivity contribution in [3.63, 3.8) is 0 Å². The molecule has 1 nitrogen and oxygen atoms in total. The lowest BCUT2D eigenvalue weighted by molar-refractivity contribution is -0.114. The topological polar surface area (TPSA) is 17.1 Å². The largest absolute Gasteiger partial charge is 0.294 e. The highest BCUT2D eigenvalue weighted by atomic mass is 16.1. The molecule has 3 rings (SSSR count). The first kappa shape index (κ1) is 15.5. The number of carbonyl (C=O) groups excluding carboxylic acids is 1. The van der Waals surface area contributed by atoms with Crippen LogP contribution in [0.2, 0.25) is 0 Å². The van der Waals surface area contributed by atoms with Crippen molar-refractivity contribution in [3.8, 4) is 0 Å². The van der Waals surface area contributed by atoms with Gasteiger partial charge >= 0.3 is 0 Å². The van der Waals surface area contributed by atoms with Crippen LogP contribution in [0.3, 0.4) is 0 Å². The van der Waals surface area contributed by atoms with Crippen molar-refractivity contribution in [1.82, 2.24) is 0 Å². The second-order valence-electron chi connectivity index (χ2n) is 6.94. The summed E-state index contributed by atoms with van der Waals surface area (Å²) in [5, 5.41) is 0. The molecule has 0 radical (unpaired) electrons. The SMILES string of the molecule is CC1(C)C=C=Cc2cc(CC(=O)C3=CC=CCC=C3)ccc2C1. The number of Topliss-reactive ketones (excluding diaryl/α,β-unsaturated/α-hetero) is 1. The fourth-order valence-corrected chi connectivity index (χ4v) is 3.00. The fraction of sp³-hybridized carbons (Fsp3) is 0.273. The average Bonchev–Trinajstić information content (AvgIpc) is 2.85. The van der Waals surface area contributed by atoms with Gasteiger partial charge in [0.15, 0.2) is 5.78 Å². The van der Waals surface area contributed by atoms with E-state index in [9.17, 15) is 4.79 Å². The lowest BCUT2D eigenvalue weighted by atomic mass is 9.85. The Hall–Kier alpha value is -2.37. The van der Waals surface area contributed by atoms with E-state index in [0.29, 0.717) is 6.42 Å². The molecule has 0 aromatic heterocycles. The zero-order chi connectivity index (χ0) is 16.3. The van der Waals surface area contributed by atoms with E-state index >= 15 is 0 Å². The van der Waals surface area contributed by atoms with Crippen LogP contribution in [-0.2, 0) is 17.6 Å². The number of hydrogen-bond acceptors (Lipinski definition) is 1. The van der Waals surface area contributed by atoms with Crippen LogP contribution in [0.15, 0.2) is 66.0 Å². The third-order valence-corrected chi connectivity index (χ3v) is 4.24. The highest BCUT2D eigenvalue weighted by Crippen LogP contribution is 2.29. The second kappa shape index (κ2) is 6.40. The number of benzene rings is 1. The first-order chi connectivity index (χ1) is 11.0. The molecule has 0 N–H and O–H groups in total. The van der Waals surface area contributed by atoms with Crippen LogP contribution in [0.25, 0.3) is 6.08 Å². The Morgan fingerprint density at radius 3 is 3.00 bits per heavy atom. The maximum Gasteiger partial charge on any atom is 0.167 e. The summed E-state index contributed by atoms with van der Waals surface area (Å²) in [4.78, 5) is 12.5. The normalized spacial score (nSPS) is 18.1. The Kier molecular flexibility index (Phi) is 4.32. The maximum absolute atomic E-state index is 12.5. The molecule has 1 heteroatoms. The molecule has 0 unspecified atom stereocenters. The van der Waals surface area contributed by atoms with Crippen molar-refractivity contribution < 1.29 is 4.79 Å². The fourth-order valence-electron chi connectivity index (χ4n) is 3.00. The molecule has 0 bridgehead atoms. The van der Waals surface area contributed by atoms with Gasteiger partial charge in [0.25, 0.3) is 0 Å². The maximum atomic E-state index is 12.5. The molecule has 1 aromatic carbocycles. The Bertz CT molecular complexity index is 778. The van der Waals surface area contributed by atoms with Gasteiger partial charge in [0.05, 0.1) is 0 Å². The van der Waals surface area contributed by atoms with Crippen molar-refractivity contribution in [2.75, 3.05) is 0 Å². The van der Waals surface area contributed by atoms with Gasteiger partial charge in [0, 0.05) is 12.0 Å². The summed E-state index contributed by atoms with van der Waals surface area (Å²) in [5.74, 6) is 0.168. The molecular formula is C22H22O. The van der Waals surface area contributed by atoms with E-state index in [1.807, 2.05) is 30.4 Å². The Labute approximate surface area is 138 Å². The minimum Gasteiger partial charge on any atom is -0.294 e. The minimum absolute atomic E-state index is 0.126. The first-order valence-electron chi connectivity index (χ1n) is 8.15. The van der Waals surface area contributed by atoms with Crippen LogP contribution < -0.4 is 0 Å². The molecule has 0 saturated carbocycles. The molecule has 0 saturated heterocycles. The van der Waals surface area contributed by atoms with Crippen LogP contribution in [0.1, 0.15) is 37.0 Å². The predicted molar refractivity (Wildman–Crippen MR) is 96.2 cm³/mol. The van der Waals surface area contributed by atoms with E-state index in [1.54, 1.807) is 0 Å². The van der Waals surface area contributed by atoms with Crippen LogP contribution in [0, 0.1) is 5.41 Å². The summed E-state index contributed by atoms with van der Waals surface area (Å²) < 4.78 is 0. The van der Waals surface area contributed by atoms with Gasteiger partial charge in [-0.3, -0.25) is 4.79 Å². The molecule has 116 valence electrons. The van der Waals surface area contributed by atoms with E-state index in [0.717, 1.165) is 24.0 Å². The number of carbonyl (C=O) groups is 1. The van der Waals surface area contributed by atoms with Crippen molar-refractivity contribution in [3.05, 3.63) is 82.6 Å². The highest BCUT2D eigenvalue weighted by Gasteiger charge is 2.18. The van der Waals surface area contributed by atoms with Gasteiger partial charge in [-0.2, -0.15) is 0 Å². The molecule has 2 aliphatic rings. The number of allylic oxidation sites excluding steroid dienone is 7. The number of ketones is 1. The van der Waals surface area contributed by atoms with Crippen LogP contribution in [-0.4, -0.2) is 5.78 Å². The van der Waals surface area contributed by atoms with Crippen LogP contribution in [0.5, 0.6) is 0 Å². The van der Waals surface area contributed by atoms with Crippen molar-refractivity contribution in [2.45, 2.75) is 33.1 Å². The predicted octanol–water partition coefficient (Wildman–Crippen LogP) is 4.99. The smallest absolute Gasteiger partial charge is 0.167 e. The van der Waals surface area contributed by atoms with Crippen molar-refractivity contribution in [1.29, 1.82) is 0 Å². The highest BCUT2D eigenvalue weighted by molar-refractivity contribution is 5.99. The molecular weight excluding hydrogens is 280 g/mol. The average molecular weight is 302 g/mol. The van der Waals surface area contributed by atoms with Crippen LogP contribution >= 0.6 is 0 Å². The molecule has 0 spiro atoms. The minimum atomic E-state index is 0.126. The summed E-state index contributed by atoms with van der Waals surface area (Å²) >= 11 is 0. The van der Waals surface area contributed by atoms with Gasteiger partial charge in [0.2, 0.25) is 0 Å². The van der Waals surface area contributed by atoms with E-state index in [4.69, 9.17) is 0 Å². The summed E-state index contributed by atoms with van der Waals surface area (Å²) in [5.41, 5.74) is 7.76. The molecule has 0 aliphatic heterocycles. The Balaban J connectivity index is 1.82. The zero-order valence-electron chi connectivity index (χ0n) is 13.8. The second-order valence-corrected chi connectivity index (χ2v) is 6.94. The number of fused-ring (bicyclic) bond motifs is 1. The van der Waals surface area contributed by atoms with Gasteiger partial charge in [-0.15, -0.1) is 5.73 Å². The Morgan fingerprint density at radius 2 is 2.13 bits per heavy atom. The monoisotopic (exact) mass is 302 g/mol.